The molecular weight excluding hydrogens is 278 g/mol. The van der Waals surface area contributed by atoms with Gasteiger partial charge >= 0.3 is 5.97 Å². The number of rotatable bonds is 3. The normalized spacial score (nSPS) is 10.4. The minimum Gasteiger partial charge on any atom is -0.477 e. The SMILES string of the molecule is Cc1nc(C)n(-c2ccc([N+](=O)[O-])cc2)c(=O)c1C(=O)O. The molecule has 0 bridgehead atoms. The van der Waals surface area contributed by atoms with E-state index in [1.54, 1.807) is 6.92 Å². The molecular formula is C13H11N3O5. The number of aromatic carboxylic acids is 1. The van der Waals surface area contributed by atoms with E-state index in [2.05, 4.69) is 4.98 Å². The molecule has 1 N–H and O–H groups in total. The number of benzene rings is 1. The van der Waals surface area contributed by atoms with E-state index < -0.39 is 22.0 Å². The number of nitrogens with zero attached hydrogens (tertiary/aromatic N) is 3. The van der Waals surface area contributed by atoms with Crippen molar-refractivity contribution in [1.82, 2.24) is 9.55 Å². The number of carboxylic acids is 1. The Morgan fingerprint density at radius 1 is 1.29 bits per heavy atom. The second-order valence-electron chi connectivity index (χ2n) is 4.34. The van der Waals surface area contributed by atoms with Gasteiger partial charge in [-0.15, -0.1) is 0 Å². The van der Waals surface area contributed by atoms with Gasteiger partial charge in [0.05, 0.1) is 16.3 Å². The first-order valence-corrected chi connectivity index (χ1v) is 5.91. The number of hydrogen-bond acceptors (Lipinski definition) is 5. The molecule has 0 saturated heterocycles. The van der Waals surface area contributed by atoms with Crippen molar-refractivity contribution in [1.29, 1.82) is 0 Å². The first kappa shape index (κ1) is 14.4. The van der Waals surface area contributed by atoms with E-state index in [4.69, 9.17) is 5.11 Å². The van der Waals surface area contributed by atoms with Gasteiger partial charge in [-0.3, -0.25) is 19.5 Å². The predicted molar refractivity (Wildman–Crippen MR) is 72.9 cm³/mol. The van der Waals surface area contributed by atoms with Crippen LogP contribution in [0, 0.1) is 24.0 Å². The second-order valence-corrected chi connectivity index (χ2v) is 4.34. The summed E-state index contributed by atoms with van der Waals surface area (Å²) in [6.45, 7) is 3.00. The summed E-state index contributed by atoms with van der Waals surface area (Å²) < 4.78 is 1.11. The Labute approximate surface area is 118 Å². The number of aromatic nitrogens is 2. The molecule has 8 nitrogen and oxygen atoms in total. The standard InChI is InChI=1S/C13H11N3O5/c1-7-11(13(18)19)12(17)15(8(2)14-7)9-3-5-10(6-4-9)16(20)21/h3-6H,1-2H3,(H,18,19). The first-order chi connectivity index (χ1) is 9.82. The van der Waals surface area contributed by atoms with Crippen LogP contribution in [-0.2, 0) is 0 Å². The molecule has 0 radical (unpaired) electrons. The highest BCUT2D eigenvalue weighted by Crippen LogP contribution is 2.15. The van der Waals surface area contributed by atoms with Gasteiger partial charge in [-0.05, 0) is 26.0 Å². The van der Waals surface area contributed by atoms with E-state index in [1.807, 2.05) is 0 Å². The van der Waals surface area contributed by atoms with Gasteiger partial charge in [0, 0.05) is 12.1 Å². The zero-order valence-electron chi connectivity index (χ0n) is 11.2. The van der Waals surface area contributed by atoms with E-state index in [0.29, 0.717) is 11.5 Å². The van der Waals surface area contributed by atoms with Gasteiger partial charge in [0.15, 0.2) is 0 Å². The summed E-state index contributed by atoms with van der Waals surface area (Å²) in [4.78, 5) is 37.5. The van der Waals surface area contributed by atoms with E-state index in [1.165, 1.54) is 31.2 Å². The average Bonchev–Trinajstić information content (AvgIpc) is 2.38. The Morgan fingerprint density at radius 2 is 1.86 bits per heavy atom. The molecule has 8 heteroatoms. The van der Waals surface area contributed by atoms with Crippen molar-refractivity contribution in [3.8, 4) is 5.69 Å². The van der Waals surface area contributed by atoms with Gasteiger partial charge in [0.2, 0.25) is 0 Å². The van der Waals surface area contributed by atoms with E-state index in [9.17, 15) is 19.7 Å². The van der Waals surface area contributed by atoms with Crippen LogP contribution in [0.25, 0.3) is 5.69 Å². The van der Waals surface area contributed by atoms with Gasteiger partial charge in [0.25, 0.3) is 11.2 Å². The number of non-ortho nitro benzene ring substituents is 1. The highest BCUT2D eigenvalue weighted by Gasteiger charge is 2.19. The third kappa shape index (κ3) is 2.50. The van der Waals surface area contributed by atoms with Crippen molar-refractivity contribution < 1.29 is 14.8 Å². The van der Waals surface area contributed by atoms with Gasteiger partial charge in [-0.25, -0.2) is 9.78 Å². The smallest absolute Gasteiger partial charge is 0.343 e. The largest absolute Gasteiger partial charge is 0.477 e. The van der Waals surface area contributed by atoms with Crippen LogP contribution in [0.1, 0.15) is 21.9 Å². The summed E-state index contributed by atoms with van der Waals surface area (Å²) in [5.41, 5.74) is -0.815. The molecule has 0 aliphatic heterocycles. The molecule has 2 rings (SSSR count). The average molecular weight is 289 g/mol. The van der Waals surface area contributed by atoms with Crippen molar-refractivity contribution in [2.45, 2.75) is 13.8 Å². The molecule has 108 valence electrons. The molecule has 1 aromatic carbocycles. The van der Waals surface area contributed by atoms with Crippen molar-refractivity contribution >= 4 is 11.7 Å². The minimum atomic E-state index is -1.36. The van der Waals surface area contributed by atoms with Crippen LogP contribution < -0.4 is 5.56 Å². The maximum atomic E-state index is 12.3. The minimum absolute atomic E-state index is 0.122. The molecule has 0 aliphatic carbocycles. The van der Waals surface area contributed by atoms with Gasteiger partial charge in [-0.1, -0.05) is 0 Å². The number of carbonyl (C=O) groups is 1. The molecule has 1 aromatic heterocycles. The van der Waals surface area contributed by atoms with Crippen molar-refractivity contribution in [3.05, 3.63) is 61.8 Å². The van der Waals surface area contributed by atoms with Crippen molar-refractivity contribution in [3.63, 3.8) is 0 Å². The zero-order valence-corrected chi connectivity index (χ0v) is 11.2. The molecule has 21 heavy (non-hydrogen) atoms. The Morgan fingerprint density at radius 3 is 2.33 bits per heavy atom. The van der Waals surface area contributed by atoms with Crippen molar-refractivity contribution in [2.75, 3.05) is 0 Å². The van der Waals surface area contributed by atoms with Crippen LogP contribution in [0.3, 0.4) is 0 Å². The molecule has 2 aromatic rings. The third-order valence-electron chi connectivity index (χ3n) is 2.96. The Balaban J connectivity index is 2.69. The fourth-order valence-corrected chi connectivity index (χ4v) is 2.04. The quantitative estimate of drug-likeness (QED) is 0.675. The molecule has 0 atom stereocenters. The summed E-state index contributed by atoms with van der Waals surface area (Å²) in [6.07, 6.45) is 0. The van der Waals surface area contributed by atoms with E-state index >= 15 is 0 Å². The van der Waals surface area contributed by atoms with Gasteiger partial charge < -0.3 is 5.11 Å². The lowest BCUT2D eigenvalue weighted by molar-refractivity contribution is -0.384. The summed E-state index contributed by atoms with van der Waals surface area (Å²) >= 11 is 0. The molecule has 0 fully saturated rings. The van der Waals surface area contributed by atoms with E-state index in [-0.39, 0.29) is 11.4 Å². The highest BCUT2D eigenvalue weighted by atomic mass is 16.6. The number of aryl methyl sites for hydroxylation is 2. The Bertz CT molecular complexity index is 793. The topological polar surface area (TPSA) is 115 Å². The number of nitro benzene ring substituents is 1. The van der Waals surface area contributed by atoms with Crippen LogP contribution in [0.2, 0.25) is 0 Å². The lowest BCUT2D eigenvalue weighted by atomic mass is 10.2. The van der Waals surface area contributed by atoms with Gasteiger partial charge in [0.1, 0.15) is 11.4 Å². The van der Waals surface area contributed by atoms with Crippen LogP contribution >= 0.6 is 0 Å². The van der Waals surface area contributed by atoms with Crippen LogP contribution in [0.15, 0.2) is 29.1 Å². The highest BCUT2D eigenvalue weighted by molar-refractivity contribution is 5.88. The Kier molecular flexibility index (Phi) is 3.53. The van der Waals surface area contributed by atoms with Crippen LogP contribution in [0.4, 0.5) is 5.69 Å². The fourth-order valence-electron chi connectivity index (χ4n) is 2.04. The summed E-state index contributed by atoms with van der Waals surface area (Å²) in [5, 5.41) is 19.7. The lowest BCUT2D eigenvalue weighted by Gasteiger charge is -2.11. The number of hydrogen-bond donors (Lipinski definition) is 1. The third-order valence-corrected chi connectivity index (χ3v) is 2.96. The maximum absolute atomic E-state index is 12.3. The number of carboxylic acid groups (broad SMARTS) is 1. The molecule has 0 saturated carbocycles. The zero-order chi connectivity index (χ0) is 15.7. The summed E-state index contributed by atoms with van der Waals surface area (Å²) in [7, 11) is 0. The lowest BCUT2D eigenvalue weighted by Crippen LogP contribution is -2.29. The predicted octanol–water partition coefficient (Wildman–Crippen LogP) is 1.46. The molecule has 0 aliphatic rings. The Hall–Kier alpha value is -3.03. The van der Waals surface area contributed by atoms with Gasteiger partial charge in [-0.2, -0.15) is 0 Å². The summed E-state index contributed by atoms with van der Waals surface area (Å²) in [5.74, 6) is -1.06. The van der Waals surface area contributed by atoms with Crippen LogP contribution in [-0.4, -0.2) is 25.6 Å². The fraction of sp³-hybridized carbons (Fsp3) is 0.154. The molecule has 0 amide bonds. The van der Waals surface area contributed by atoms with Crippen molar-refractivity contribution in [2.24, 2.45) is 0 Å². The second kappa shape index (κ2) is 5.16. The first-order valence-electron chi connectivity index (χ1n) is 5.91. The molecule has 0 unspecified atom stereocenters. The maximum Gasteiger partial charge on any atom is 0.343 e. The molecule has 0 spiro atoms. The van der Waals surface area contributed by atoms with Crippen LogP contribution in [0.5, 0.6) is 0 Å². The molecule has 1 heterocycles. The monoisotopic (exact) mass is 289 g/mol. The number of nitro groups is 1. The summed E-state index contributed by atoms with van der Waals surface area (Å²) in [6, 6.07) is 5.22. The van der Waals surface area contributed by atoms with E-state index in [0.717, 1.165) is 4.57 Å².